The van der Waals surface area contributed by atoms with Crippen molar-refractivity contribution in [1.82, 2.24) is 5.32 Å². The summed E-state index contributed by atoms with van der Waals surface area (Å²) in [4.78, 5) is 0. The number of hydrogen-bond donors (Lipinski definition) is 1. The summed E-state index contributed by atoms with van der Waals surface area (Å²) in [5, 5.41) is 3.78. The molecule has 0 bridgehead atoms. The van der Waals surface area contributed by atoms with Crippen LogP contribution in [0.3, 0.4) is 0 Å². The topological polar surface area (TPSA) is 21.3 Å². The van der Waals surface area contributed by atoms with Crippen molar-refractivity contribution in [2.45, 2.75) is 25.8 Å². The quantitative estimate of drug-likeness (QED) is 0.888. The molecule has 2 heteroatoms. The summed E-state index contributed by atoms with van der Waals surface area (Å²) in [6.07, 6.45) is 2.81. The van der Waals surface area contributed by atoms with E-state index < -0.39 is 0 Å². The molecule has 108 valence electrons. The van der Waals surface area contributed by atoms with Crippen LogP contribution in [0, 0.1) is 11.8 Å². The highest BCUT2D eigenvalue weighted by atomic mass is 16.5. The molecule has 1 aliphatic carbocycles. The molecule has 1 saturated carbocycles. The number of ether oxygens (including phenoxy) is 1. The van der Waals surface area contributed by atoms with Crippen LogP contribution in [0.4, 0.5) is 0 Å². The fourth-order valence-corrected chi connectivity index (χ4v) is 3.27. The third-order valence-electron chi connectivity index (χ3n) is 4.75. The molecule has 0 aromatic heterocycles. The van der Waals surface area contributed by atoms with Gasteiger partial charge in [-0.25, -0.2) is 0 Å². The minimum atomic E-state index is 0.243. The zero-order valence-electron chi connectivity index (χ0n) is 12.4. The molecule has 1 unspecified atom stereocenters. The Balaban J connectivity index is 1.64. The van der Waals surface area contributed by atoms with Crippen LogP contribution in [0.5, 0.6) is 11.5 Å². The fourth-order valence-electron chi connectivity index (χ4n) is 3.27. The van der Waals surface area contributed by atoms with Crippen LogP contribution < -0.4 is 10.1 Å². The summed E-state index contributed by atoms with van der Waals surface area (Å²) in [6, 6.07) is 17.0. The summed E-state index contributed by atoms with van der Waals surface area (Å²) in [7, 11) is 0. The van der Waals surface area contributed by atoms with Gasteiger partial charge in [0.25, 0.3) is 0 Å². The molecule has 0 radical (unpaired) electrons. The number of rotatable bonds is 4. The highest BCUT2D eigenvalue weighted by Gasteiger charge is 2.30. The minimum absolute atomic E-state index is 0.243. The van der Waals surface area contributed by atoms with E-state index in [-0.39, 0.29) is 6.04 Å². The Morgan fingerprint density at radius 3 is 2.14 bits per heavy atom. The van der Waals surface area contributed by atoms with Gasteiger partial charge in [0.1, 0.15) is 11.5 Å². The van der Waals surface area contributed by atoms with Gasteiger partial charge in [-0.05, 0) is 43.4 Å². The van der Waals surface area contributed by atoms with Crippen LogP contribution in [0.25, 0.3) is 0 Å². The second-order valence-corrected chi connectivity index (χ2v) is 6.33. The van der Waals surface area contributed by atoms with Crippen molar-refractivity contribution in [3.05, 3.63) is 59.7 Å². The molecule has 1 fully saturated rings. The second-order valence-electron chi connectivity index (χ2n) is 6.33. The Morgan fingerprint density at radius 1 is 1.00 bits per heavy atom. The average Bonchev–Trinajstić information content (AvgIpc) is 3.36. The highest BCUT2D eigenvalue weighted by Crippen LogP contribution is 2.43. The van der Waals surface area contributed by atoms with Crippen LogP contribution in [0.15, 0.2) is 48.5 Å². The third-order valence-corrected chi connectivity index (χ3v) is 4.75. The Bertz CT molecular complexity index is 602. The van der Waals surface area contributed by atoms with E-state index in [0.29, 0.717) is 0 Å². The lowest BCUT2D eigenvalue weighted by Crippen LogP contribution is -2.29. The molecule has 2 nitrogen and oxygen atoms in total. The first-order valence-corrected chi connectivity index (χ1v) is 7.92. The molecule has 2 aromatic carbocycles. The van der Waals surface area contributed by atoms with Gasteiger partial charge < -0.3 is 10.1 Å². The molecular weight excluding hydrogens is 258 g/mol. The Kier molecular flexibility index (Phi) is 3.19. The standard InChI is InChI=1S/C19H21NO/c1-13(14-10-11-14)12-20-19-15-6-2-4-8-17(15)21-18-9-5-3-7-16(18)19/h2-9,13-14,19-20H,10-12H2,1H3. The van der Waals surface area contributed by atoms with Crippen molar-refractivity contribution >= 4 is 0 Å². The van der Waals surface area contributed by atoms with Gasteiger partial charge in [-0.2, -0.15) is 0 Å². The van der Waals surface area contributed by atoms with Crippen molar-refractivity contribution in [2.24, 2.45) is 11.8 Å². The normalized spacial score (nSPS) is 18.5. The van der Waals surface area contributed by atoms with Gasteiger partial charge in [0.2, 0.25) is 0 Å². The van der Waals surface area contributed by atoms with E-state index in [0.717, 1.165) is 29.9 Å². The molecule has 0 spiro atoms. The molecule has 1 heterocycles. The van der Waals surface area contributed by atoms with E-state index in [2.05, 4.69) is 48.6 Å². The van der Waals surface area contributed by atoms with E-state index in [9.17, 15) is 0 Å². The van der Waals surface area contributed by atoms with Crippen molar-refractivity contribution < 1.29 is 4.74 Å². The van der Waals surface area contributed by atoms with Crippen LogP contribution >= 0.6 is 0 Å². The lowest BCUT2D eigenvalue weighted by Gasteiger charge is -2.29. The fraction of sp³-hybridized carbons (Fsp3) is 0.368. The van der Waals surface area contributed by atoms with Gasteiger partial charge in [-0.1, -0.05) is 43.3 Å². The largest absolute Gasteiger partial charge is 0.457 e. The second kappa shape index (κ2) is 5.19. The summed E-state index contributed by atoms with van der Waals surface area (Å²) in [5.74, 6) is 3.65. The van der Waals surface area contributed by atoms with Crippen LogP contribution in [-0.2, 0) is 0 Å². The van der Waals surface area contributed by atoms with Gasteiger partial charge in [0.05, 0.1) is 6.04 Å². The van der Waals surface area contributed by atoms with E-state index in [1.807, 2.05) is 12.1 Å². The number of nitrogens with one attached hydrogen (secondary N) is 1. The predicted molar refractivity (Wildman–Crippen MR) is 84.7 cm³/mol. The lowest BCUT2D eigenvalue weighted by atomic mass is 9.94. The smallest absolute Gasteiger partial charge is 0.132 e. The maximum atomic E-state index is 6.03. The number of para-hydroxylation sites is 2. The lowest BCUT2D eigenvalue weighted by molar-refractivity contribution is 0.399. The maximum absolute atomic E-state index is 6.03. The number of hydrogen-bond acceptors (Lipinski definition) is 2. The zero-order valence-corrected chi connectivity index (χ0v) is 12.4. The summed E-state index contributed by atoms with van der Waals surface area (Å²) >= 11 is 0. The Labute approximate surface area is 126 Å². The molecule has 1 atom stereocenters. The Morgan fingerprint density at radius 2 is 1.57 bits per heavy atom. The van der Waals surface area contributed by atoms with Crippen LogP contribution in [0.1, 0.15) is 36.9 Å². The summed E-state index contributed by atoms with van der Waals surface area (Å²) in [5.41, 5.74) is 2.50. The molecule has 2 aliphatic rings. The highest BCUT2D eigenvalue weighted by molar-refractivity contribution is 5.52. The predicted octanol–water partition coefficient (Wildman–Crippen LogP) is 4.52. The maximum Gasteiger partial charge on any atom is 0.132 e. The van der Waals surface area contributed by atoms with Crippen molar-refractivity contribution in [1.29, 1.82) is 0 Å². The summed E-state index contributed by atoms with van der Waals surface area (Å²) < 4.78 is 6.03. The number of fused-ring (bicyclic) bond motifs is 2. The van der Waals surface area contributed by atoms with Gasteiger partial charge in [-0.15, -0.1) is 0 Å². The number of benzene rings is 2. The van der Waals surface area contributed by atoms with Gasteiger partial charge >= 0.3 is 0 Å². The van der Waals surface area contributed by atoms with E-state index in [1.165, 1.54) is 24.0 Å². The molecule has 2 aromatic rings. The first kappa shape index (κ1) is 12.9. The molecular formula is C19H21NO. The first-order chi connectivity index (χ1) is 10.3. The molecule has 0 amide bonds. The summed E-state index contributed by atoms with van der Waals surface area (Å²) in [6.45, 7) is 3.43. The Hall–Kier alpha value is -1.80. The van der Waals surface area contributed by atoms with E-state index in [1.54, 1.807) is 0 Å². The molecule has 1 N–H and O–H groups in total. The van der Waals surface area contributed by atoms with Gasteiger partial charge in [0, 0.05) is 11.1 Å². The SMILES string of the molecule is CC(CNC1c2ccccc2Oc2ccccc21)C1CC1. The first-order valence-electron chi connectivity index (χ1n) is 7.92. The molecule has 4 rings (SSSR count). The van der Waals surface area contributed by atoms with Crippen molar-refractivity contribution in [3.8, 4) is 11.5 Å². The average molecular weight is 279 g/mol. The van der Waals surface area contributed by atoms with Crippen molar-refractivity contribution in [2.75, 3.05) is 6.54 Å². The van der Waals surface area contributed by atoms with E-state index >= 15 is 0 Å². The third kappa shape index (κ3) is 2.44. The molecule has 21 heavy (non-hydrogen) atoms. The monoisotopic (exact) mass is 279 g/mol. The van der Waals surface area contributed by atoms with Crippen molar-refractivity contribution in [3.63, 3.8) is 0 Å². The van der Waals surface area contributed by atoms with Gasteiger partial charge in [0.15, 0.2) is 0 Å². The molecule has 0 saturated heterocycles. The molecule has 1 aliphatic heterocycles. The minimum Gasteiger partial charge on any atom is -0.457 e. The van der Waals surface area contributed by atoms with Crippen LogP contribution in [-0.4, -0.2) is 6.54 Å². The van der Waals surface area contributed by atoms with E-state index in [4.69, 9.17) is 4.74 Å². The van der Waals surface area contributed by atoms with Gasteiger partial charge in [-0.3, -0.25) is 0 Å². The van der Waals surface area contributed by atoms with Crippen LogP contribution in [0.2, 0.25) is 0 Å². The zero-order chi connectivity index (χ0) is 14.2.